The van der Waals surface area contributed by atoms with Gasteiger partial charge in [-0.05, 0) is 32.0 Å². The number of hydrogen-bond donors (Lipinski definition) is 2. The smallest absolute Gasteiger partial charge is 0.335 e. The van der Waals surface area contributed by atoms with Crippen LogP contribution in [0.15, 0.2) is 40.0 Å². The number of anilines is 1. The van der Waals surface area contributed by atoms with Crippen LogP contribution in [-0.2, 0) is 10.0 Å². The normalized spacial score (nSPS) is 11.6. The summed E-state index contributed by atoms with van der Waals surface area (Å²) in [5.41, 5.74) is 0.0722. The lowest BCUT2D eigenvalue weighted by Crippen LogP contribution is -2.21. The van der Waals surface area contributed by atoms with Crippen LogP contribution in [0.2, 0.25) is 0 Å². The molecule has 1 aromatic carbocycles. The summed E-state index contributed by atoms with van der Waals surface area (Å²) in [4.78, 5) is 23.6. The fourth-order valence-electron chi connectivity index (χ4n) is 2.06. The Hall–Kier alpha value is -2.85. The van der Waals surface area contributed by atoms with Gasteiger partial charge in [-0.2, -0.15) is 0 Å². The minimum Gasteiger partial charge on any atom is -0.489 e. The van der Waals surface area contributed by atoms with Gasteiger partial charge in [0.15, 0.2) is 0 Å². The van der Waals surface area contributed by atoms with E-state index in [1.807, 2.05) is 0 Å². The first-order valence-corrected chi connectivity index (χ1v) is 9.32. The maximum Gasteiger partial charge on any atom is 0.335 e. The molecule has 0 aliphatic rings. The zero-order valence-corrected chi connectivity index (χ0v) is 16.0. The van der Waals surface area contributed by atoms with Crippen molar-refractivity contribution in [3.05, 3.63) is 41.7 Å². The summed E-state index contributed by atoms with van der Waals surface area (Å²) in [6, 6.07) is 5.15. The highest BCUT2D eigenvalue weighted by atomic mass is 32.2. The van der Waals surface area contributed by atoms with Crippen molar-refractivity contribution in [3.63, 3.8) is 0 Å². The van der Waals surface area contributed by atoms with Gasteiger partial charge in [0, 0.05) is 20.2 Å². The van der Waals surface area contributed by atoms with Crippen LogP contribution < -0.4 is 10.1 Å². The van der Waals surface area contributed by atoms with Crippen molar-refractivity contribution in [2.75, 3.05) is 19.4 Å². The van der Waals surface area contributed by atoms with Crippen LogP contribution in [0.1, 0.15) is 34.6 Å². The fourth-order valence-corrected chi connectivity index (χ4v) is 2.87. The average molecular weight is 396 g/mol. The zero-order chi connectivity index (χ0) is 20.4. The zero-order valence-electron chi connectivity index (χ0n) is 15.2. The van der Waals surface area contributed by atoms with Crippen molar-refractivity contribution < 1.29 is 32.3 Å². The summed E-state index contributed by atoms with van der Waals surface area (Å²) in [5.74, 6) is -1.55. The van der Waals surface area contributed by atoms with Gasteiger partial charge >= 0.3 is 5.97 Å². The van der Waals surface area contributed by atoms with E-state index >= 15 is 0 Å². The second-order valence-electron chi connectivity index (χ2n) is 6.08. The van der Waals surface area contributed by atoms with Crippen LogP contribution in [0, 0.1) is 0 Å². The summed E-state index contributed by atoms with van der Waals surface area (Å²) < 4.78 is 35.6. The van der Waals surface area contributed by atoms with E-state index in [2.05, 4.69) is 5.32 Å². The number of ether oxygens (including phenoxy) is 1. The van der Waals surface area contributed by atoms with Gasteiger partial charge in [-0.15, -0.1) is 0 Å². The van der Waals surface area contributed by atoms with E-state index in [-0.39, 0.29) is 33.8 Å². The number of carbonyl (C=O) groups excluding carboxylic acids is 1. The van der Waals surface area contributed by atoms with E-state index in [0.717, 1.165) is 16.6 Å². The molecule has 9 nitrogen and oxygen atoms in total. The molecule has 0 saturated heterocycles. The Bertz CT molecular complexity index is 961. The number of carboxylic acid groups (broad SMARTS) is 1. The van der Waals surface area contributed by atoms with Gasteiger partial charge in [0.05, 0.1) is 22.9 Å². The molecule has 2 aromatic rings. The molecule has 1 heterocycles. The Morgan fingerprint density at radius 1 is 1.19 bits per heavy atom. The van der Waals surface area contributed by atoms with Crippen molar-refractivity contribution in [1.82, 2.24) is 4.31 Å². The van der Waals surface area contributed by atoms with Gasteiger partial charge in [0.1, 0.15) is 12.0 Å². The molecular weight excluding hydrogens is 376 g/mol. The Labute approximate surface area is 156 Å². The number of nitrogens with one attached hydrogen (secondary N) is 1. The lowest BCUT2D eigenvalue weighted by Gasteiger charge is -2.15. The third-order valence-corrected chi connectivity index (χ3v) is 5.09. The Kier molecular flexibility index (Phi) is 5.91. The molecule has 10 heteroatoms. The number of benzene rings is 1. The van der Waals surface area contributed by atoms with Crippen LogP contribution in [0.4, 0.5) is 5.69 Å². The topological polar surface area (TPSA) is 126 Å². The second-order valence-corrected chi connectivity index (χ2v) is 8.16. The first-order valence-electron chi connectivity index (χ1n) is 7.88. The molecule has 2 N–H and O–H groups in total. The standard InChI is InChI=1S/C17H20N2O7S/c1-10(2)26-14-6-5-11(17(21)22)7-13(14)18-16(20)12-8-15(25-9-12)27(23,24)19(3)4/h5-10H,1-4H3,(H,18,20)(H,21,22). The number of amides is 1. The number of furan rings is 1. The highest BCUT2D eigenvalue weighted by Crippen LogP contribution is 2.28. The van der Waals surface area contributed by atoms with Crippen LogP contribution in [0.3, 0.4) is 0 Å². The molecule has 2 rings (SSSR count). The third kappa shape index (κ3) is 4.66. The first-order chi connectivity index (χ1) is 12.5. The molecule has 0 fully saturated rings. The SMILES string of the molecule is CC(C)Oc1ccc(C(=O)O)cc1NC(=O)c1coc(S(=O)(=O)N(C)C)c1. The number of carboxylic acids is 1. The Morgan fingerprint density at radius 3 is 2.41 bits per heavy atom. The molecule has 0 radical (unpaired) electrons. The molecule has 0 aliphatic carbocycles. The van der Waals surface area contributed by atoms with Crippen molar-refractivity contribution in [2.24, 2.45) is 0 Å². The second kappa shape index (κ2) is 7.80. The number of hydrogen-bond acceptors (Lipinski definition) is 6. The lowest BCUT2D eigenvalue weighted by molar-refractivity contribution is 0.0696. The highest BCUT2D eigenvalue weighted by molar-refractivity contribution is 7.88. The summed E-state index contributed by atoms with van der Waals surface area (Å²) in [5, 5.41) is 11.3. The predicted molar refractivity (Wildman–Crippen MR) is 96.7 cm³/mol. The Morgan fingerprint density at radius 2 is 1.85 bits per heavy atom. The fraction of sp³-hybridized carbons (Fsp3) is 0.294. The summed E-state index contributed by atoms with van der Waals surface area (Å²) in [6.07, 6.45) is 0.803. The molecule has 146 valence electrons. The average Bonchev–Trinajstić information content (AvgIpc) is 3.06. The molecule has 0 bridgehead atoms. The van der Waals surface area contributed by atoms with Gasteiger partial charge < -0.3 is 19.6 Å². The molecule has 0 aliphatic heterocycles. The first kappa shape index (κ1) is 20.5. The molecule has 1 amide bonds. The summed E-state index contributed by atoms with van der Waals surface area (Å²) >= 11 is 0. The lowest BCUT2D eigenvalue weighted by atomic mass is 10.1. The van der Waals surface area contributed by atoms with Crippen molar-refractivity contribution >= 4 is 27.6 Å². The quantitative estimate of drug-likeness (QED) is 0.735. The van der Waals surface area contributed by atoms with Gasteiger partial charge in [-0.25, -0.2) is 17.5 Å². The molecule has 0 saturated carbocycles. The maximum absolute atomic E-state index is 12.5. The van der Waals surface area contributed by atoms with Crippen molar-refractivity contribution in [1.29, 1.82) is 0 Å². The highest BCUT2D eigenvalue weighted by Gasteiger charge is 2.24. The van der Waals surface area contributed by atoms with Crippen LogP contribution in [0.5, 0.6) is 5.75 Å². The third-order valence-electron chi connectivity index (χ3n) is 3.41. The number of aromatic carboxylic acids is 1. The van der Waals surface area contributed by atoms with Gasteiger partial charge in [-0.1, -0.05) is 0 Å². The number of nitrogens with zero attached hydrogens (tertiary/aromatic N) is 1. The van der Waals surface area contributed by atoms with E-state index < -0.39 is 21.9 Å². The van der Waals surface area contributed by atoms with Crippen molar-refractivity contribution in [3.8, 4) is 5.75 Å². The molecule has 0 spiro atoms. The van der Waals surface area contributed by atoms with Gasteiger partial charge in [0.2, 0.25) is 5.09 Å². The Balaban J connectivity index is 2.33. The van der Waals surface area contributed by atoms with E-state index in [1.54, 1.807) is 13.8 Å². The largest absolute Gasteiger partial charge is 0.489 e. The molecule has 0 unspecified atom stereocenters. The monoisotopic (exact) mass is 396 g/mol. The molecule has 1 aromatic heterocycles. The van der Waals surface area contributed by atoms with E-state index in [9.17, 15) is 18.0 Å². The molecule has 0 atom stereocenters. The minimum absolute atomic E-state index is 0.0355. The van der Waals surface area contributed by atoms with E-state index in [4.69, 9.17) is 14.3 Å². The van der Waals surface area contributed by atoms with Crippen molar-refractivity contribution in [2.45, 2.75) is 25.0 Å². The van der Waals surface area contributed by atoms with Gasteiger partial charge in [0.25, 0.3) is 15.9 Å². The van der Waals surface area contributed by atoms with E-state index in [0.29, 0.717) is 0 Å². The summed E-state index contributed by atoms with van der Waals surface area (Å²) in [7, 11) is -1.14. The molecule has 27 heavy (non-hydrogen) atoms. The van der Waals surface area contributed by atoms with E-state index in [1.165, 1.54) is 32.3 Å². The number of carbonyl (C=O) groups is 2. The number of sulfonamides is 1. The van der Waals surface area contributed by atoms with Crippen LogP contribution >= 0.6 is 0 Å². The van der Waals surface area contributed by atoms with Crippen LogP contribution in [-0.4, -0.2) is 49.9 Å². The predicted octanol–water partition coefficient (Wildman–Crippen LogP) is 2.27. The molecular formula is C17H20N2O7S. The number of rotatable bonds is 7. The summed E-state index contributed by atoms with van der Waals surface area (Å²) in [6.45, 7) is 3.57. The van der Waals surface area contributed by atoms with Gasteiger partial charge in [-0.3, -0.25) is 4.79 Å². The van der Waals surface area contributed by atoms with Crippen LogP contribution in [0.25, 0.3) is 0 Å². The minimum atomic E-state index is -3.82. The maximum atomic E-state index is 12.5.